The van der Waals surface area contributed by atoms with Crippen molar-refractivity contribution in [1.29, 1.82) is 0 Å². The van der Waals surface area contributed by atoms with Crippen LogP contribution in [0.5, 0.6) is 0 Å². The van der Waals surface area contributed by atoms with Crippen LogP contribution in [-0.2, 0) is 23.2 Å². The first-order valence-corrected chi connectivity index (χ1v) is 11.7. The highest BCUT2D eigenvalue weighted by molar-refractivity contribution is 6.00. The van der Waals surface area contributed by atoms with Gasteiger partial charge in [-0.05, 0) is 50.0 Å². The lowest BCUT2D eigenvalue weighted by Gasteiger charge is -2.40. The van der Waals surface area contributed by atoms with E-state index < -0.39 is 11.9 Å². The van der Waals surface area contributed by atoms with Crippen LogP contribution in [0.4, 0.5) is 0 Å². The molecule has 2 aromatic rings. The third kappa shape index (κ3) is 4.00. The molecule has 3 aliphatic heterocycles. The quantitative estimate of drug-likeness (QED) is 0.660. The maximum absolute atomic E-state index is 12.9. The van der Waals surface area contributed by atoms with Crippen molar-refractivity contribution in [2.24, 2.45) is 7.05 Å². The number of rotatable bonds is 4. The number of imide groups is 1. The molecule has 1 atom stereocenters. The number of amides is 2. The minimum atomic E-state index is -0.640. The second kappa shape index (κ2) is 8.80. The van der Waals surface area contributed by atoms with E-state index in [9.17, 15) is 14.4 Å². The molecule has 0 aliphatic carbocycles. The number of benzene rings is 1. The fourth-order valence-electron chi connectivity index (χ4n) is 5.49. The standard InChI is InChI=1S/C23H32N6O3/c1-26-20-14-16(15-27-10-6-17(7-11-27)28-12-8-24-9-13-28)2-3-18(20)29(23(26)32)19-4-5-21(30)25-22(19)31/h2-3,14,17,19,24H,4-13,15H2,1H3,(H,25,30,31). The average molecular weight is 441 g/mol. The van der Waals surface area contributed by atoms with Gasteiger partial charge in [-0.2, -0.15) is 0 Å². The molecule has 3 saturated heterocycles. The van der Waals surface area contributed by atoms with Gasteiger partial charge in [0.05, 0.1) is 11.0 Å². The fraction of sp³-hybridized carbons (Fsp3) is 0.609. The number of fused-ring (bicyclic) bond motifs is 1. The summed E-state index contributed by atoms with van der Waals surface area (Å²) in [5.74, 6) is -0.671. The van der Waals surface area contributed by atoms with Gasteiger partial charge in [-0.1, -0.05) is 6.07 Å². The Bertz CT molecular complexity index is 1080. The number of likely N-dealkylation sites (tertiary alicyclic amines) is 1. The highest BCUT2D eigenvalue weighted by Gasteiger charge is 2.31. The predicted molar refractivity (Wildman–Crippen MR) is 121 cm³/mol. The summed E-state index contributed by atoms with van der Waals surface area (Å²) in [6.07, 6.45) is 3.01. The van der Waals surface area contributed by atoms with E-state index in [1.807, 2.05) is 6.07 Å². The molecule has 0 bridgehead atoms. The van der Waals surface area contributed by atoms with Gasteiger partial charge in [0.1, 0.15) is 6.04 Å². The number of aryl methyl sites for hydroxylation is 1. The lowest BCUT2D eigenvalue weighted by Crippen LogP contribution is -2.51. The number of imidazole rings is 1. The van der Waals surface area contributed by atoms with Crippen molar-refractivity contribution in [2.75, 3.05) is 39.3 Å². The minimum absolute atomic E-state index is 0.219. The van der Waals surface area contributed by atoms with E-state index in [2.05, 4.69) is 32.6 Å². The Kier molecular flexibility index (Phi) is 5.88. The zero-order valence-electron chi connectivity index (χ0n) is 18.7. The Labute approximate surface area is 187 Å². The summed E-state index contributed by atoms with van der Waals surface area (Å²) in [4.78, 5) is 42.0. The maximum atomic E-state index is 12.9. The van der Waals surface area contributed by atoms with Gasteiger partial charge in [-0.3, -0.25) is 33.8 Å². The summed E-state index contributed by atoms with van der Waals surface area (Å²) < 4.78 is 3.15. The van der Waals surface area contributed by atoms with Crippen molar-refractivity contribution in [1.82, 2.24) is 29.6 Å². The normalized spacial score (nSPS) is 24.2. The van der Waals surface area contributed by atoms with Gasteiger partial charge >= 0.3 is 5.69 Å². The van der Waals surface area contributed by atoms with Crippen LogP contribution in [0.1, 0.15) is 37.3 Å². The van der Waals surface area contributed by atoms with Crippen molar-refractivity contribution in [3.63, 3.8) is 0 Å². The van der Waals surface area contributed by atoms with Crippen LogP contribution < -0.4 is 16.3 Å². The molecule has 1 aromatic heterocycles. The van der Waals surface area contributed by atoms with Crippen molar-refractivity contribution in [3.05, 3.63) is 34.2 Å². The third-order valence-electron chi connectivity index (χ3n) is 7.31. The van der Waals surface area contributed by atoms with Crippen molar-refractivity contribution >= 4 is 22.8 Å². The molecule has 32 heavy (non-hydrogen) atoms. The molecule has 3 fully saturated rings. The number of piperazine rings is 1. The largest absolute Gasteiger partial charge is 0.329 e. The number of hydrogen-bond acceptors (Lipinski definition) is 6. The molecule has 172 valence electrons. The van der Waals surface area contributed by atoms with Crippen LogP contribution in [-0.4, -0.2) is 76.1 Å². The van der Waals surface area contributed by atoms with Crippen LogP contribution in [0, 0.1) is 0 Å². The molecule has 1 aromatic carbocycles. The summed E-state index contributed by atoms with van der Waals surface area (Å²) in [5, 5.41) is 5.79. The Balaban J connectivity index is 1.30. The zero-order chi connectivity index (χ0) is 22.2. The third-order valence-corrected chi connectivity index (χ3v) is 7.31. The monoisotopic (exact) mass is 440 g/mol. The van der Waals surface area contributed by atoms with Gasteiger partial charge in [0.2, 0.25) is 11.8 Å². The highest BCUT2D eigenvalue weighted by atomic mass is 16.2. The molecule has 9 heteroatoms. The van der Waals surface area contributed by atoms with Crippen LogP contribution in [0.3, 0.4) is 0 Å². The number of carbonyl (C=O) groups excluding carboxylic acids is 2. The predicted octanol–water partition coefficient (Wildman–Crippen LogP) is 0.187. The average Bonchev–Trinajstić information content (AvgIpc) is 3.05. The van der Waals surface area contributed by atoms with E-state index in [1.54, 1.807) is 16.2 Å². The van der Waals surface area contributed by atoms with Gasteiger partial charge in [0.25, 0.3) is 0 Å². The van der Waals surface area contributed by atoms with Gasteiger partial charge in [0.15, 0.2) is 0 Å². The molecule has 5 rings (SSSR count). The second-order valence-electron chi connectivity index (χ2n) is 9.29. The van der Waals surface area contributed by atoms with E-state index in [0.717, 1.165) is 56.8 Å². The molecule has 0 saturated carbocycles. The molecule has 3 aliphatic rings. The number of nitrogens with zero attached hydrogens (tertiary/aromatic N) is 4. The summed E-state index contributed by atoms with van der Waals surface area (Å²) in [7, 11) is 1.75. The fourth-order valence-corrected chi connectivity index (χ4v) is 5.49. The number of nitrogens with one attached hydrogen (secondary N) is 2. The molecule has 2 amide bonds. The van der Waals surface area contributed by atoms with E-state index >= 15 is 0 Å². The highest BCUT2D eigenvalue weighted by Crippen LogP contribution is 2.25. The van der Waals surface area contributed by atoms with Crippen LogP contribution in [0.2, 0.25) is 0 Å². The molecule has 4 heterocycles. The number of piperidine rings is 2. The van der Waals surface area contributed by atoms with E-state index in [1.165, 1.54) is 18.4 Å². The maximum Gasteiger partial charge on any atom is 0.329 e. The summed E-state index contributed by atoms with van der Waals surface area (Å²) in [6, 6.07) is 6.13. The molecule has 9 nitrogen and oxygen atoms in total. The Hall–Kier alpha value is -2.49. The lowest BCUT2D eigenvalue weighted by molar-refractivity contribution is -0.135. The van der Waals surface area contributed by atoms with Gasteiger partial charge in [-0.25, -0.2) is 4.79 Å². The van der Waals surface area contributed by atoms with Crippen LogP contribution in [0.15, 0.2) is 23.0 Å². The van der Waals surface area contributed by atoms with E-state index in [-0.39, 0.29) is 18.0 Å². The SMILES string of the molecule is Cn1c(=O)n(C2CCC(=O)NC2=O)c2ccc(CN3CCC(N4CCNCC4)CC3)cc21. The van der Waals surface area contributed by atoms with Crippen molar-refractivity contribution < 1.29 is 9.59 Å². The van der Waals surface area contributed by atoms with Gasteiger partial charge in [0, 0.05) is 52.2 Å². The van der Waals surface area contributed by atoms with E-state index in [4.69, 9.17) is 0 Å². The van der Waals surface area contributed by atoms with Crippen molar-refractivity contribution in [2.45, 2.75) is 44.3 Å². The first-order chi connectivity index (χ1) is 15.5. The first kappa shape index (κ1) is 21.4. The van der Waals surface area contributed by atoms with Crippen LogP contribution in [0.25, 0.3) is 11.0 Å². The molecule has 1 unspecified atom stereocenters. The van der Waals surface area contributed by atoms with Crippen molar-refractivity contribution in [3.8, 4) is 0 Å². The topological polar surface area (TPSA) is 91.6 Å². The first-order valence-electron chi connectivity index (χ1n) is 11.7. The molecular weight excluding hydrogens is 408 g/mol. The Morgan fingerprint density at radius 3 is 2.44 bits per heavy atom. The summed E-state index contributed by atoms with van der Waals surface area (Å²) >= 11 is 0. The Morgan fingerprint density at radius 2 is 1.72 bits per heavy atom. The summed E-state index contributed by atoms with van der Waals surface area (Å²) in [6.45, 7) is 7.53. The number of hydrogen-bond donors (Lipinski definition) is 2. The second-order valence-corrected chi connectivity index (χ2v) is 9.29. The lowest BCUT2D eigenvalue weighted by atomic mass is 10.0. The van der Waals surface area contributed by atoms with E-state index in [0.29, 0.717) is 12.5 Å². The van der Waals surface area contributed by atoms with Gasteiger partial charge in [-0.15, -0.1) is 0 Å². The molecule has 0 radical (unpaired) electrons. The number of carbonyl (C=O) groups is 2. The Morgan fingerprint density at radius 1 is 0.969 bits per heavy atom. The van der Waals surface area contributed by atoms with Gasteiger partial charge < -0.3 is 5.32 Å². The smallest absolute Gasteiger partial charge is 0.314 e. The molecular formula is C23H32N6O3. The minimum Gasteiger partial charge on any atom is -0.314 e. The van der Waals surface area contributed by atoms with Crippen LogP contribution >= 0.6 is 0 Å². The molecule has 2 N–H and O–H groups in total. The zero-order valence-corrected chi connectivity index (χ0v) is 18.7. The molecule has 0 spiro atoms. The summed E-state index contributed by atoms with van der Waals surface area (Å²) in [5.41, 5.74) is 2.53. The number of aromatic nitrogens is 2.